The number of hydrogen-bond donors (Lipinski definition) is 1. The lowest BCUT2D eigenvalue weighted by molar-refractivity contribution is -0.136. The Labute approximate surface area is 159 Å². The molecule has 2 aromatic rings. The van der Waals surface area contributed by atoms with E-state index in [4.69, 9.17) is 4.74 Å². The van der Waals surface area contributed by atoms with Crippen molar-refractivity contribution in [1.82, 2.24) is 4.90 Å². The van der Waals surface area contributed by atoms with E-state index in [1.807, 2.05) is 62.4 Å². The molecule has 27 heavy (non-hydrogen) atoms. The van der Waals surface area contributed by atoms with E-state index in [2.05, 4.69) is 5.32 Å². The van der Waals surface area contributed by atoms with Crippen LogP contribution in [0.3, 0.4) is 0 Å². The molecule has 0 aromatic heterocycles. The van der Waals surface area contributed by atoms with Gasteiger partial charge in [-0.3, -0.25) is 14.5 Å². The van der Waals surface area contributed by atoms with E-state index < -0.39 is 0 Å². The molecular weight excluding hydrogens is 340 g/mol. The Balaban J connectivity index is 2.01. The van der Waals surface area contributed by atoms with E-state index in [0.29, 0.717) is 30.8 Å². The van der Waals surface area contributed by atoms with Gasteiger partial charge < -0.3 is 10.1 Å². The largest absolute Gasteiger partial charge is 0.385 e. The van der Waals surface area contributed by atoms with Crippen LogP contribution in [-0.4, -0.2) is 37.0 Å². The van der Waals surface area contributed by atoms with Crippen molar-refractivity contribution in [2.45, 2.75) is 20.3 Å². The van der Waals surface area contributed by atoms with Crippen molar-refractivity contribution in [3.05, 3.63) is 70.9 Å². The zero-order valence-electron chi connectivity index (χ0n) is 15.9. The molecule has 0 atom stereocenters. The average Bonchev–Trinajstić information content (AvgIpc) is 2.89. The lowest BCUT2D eigenvalue weighted by Gasteiger charge is -2.15. The van der Waals surface area contributed by atoms with E-state index in [-0.39, 0.29) is 11.8 Å². The molecule has 5 nitrogen and oxygen atoms in total. The Morgan fingerprint density at radius 2 is 1.70 bits per heavy atom. The van der Waals surface area contributed by atoms with Crippen molar-refractivity contribution in [2.75, 3.05) is 25.6 Å². The smallest absolute Gasteiger partial charge is 0.278 e. The number of ether oxygens (including phenoxy) is 1. The molecule has 5 heteroatoms. The van der Waals surface area contributed by atoms with Crippen LogP contribution in [0.1, 0.15) is 23.1 Å². The van der Waals surface area contributed by atoms with Crippen molar-refractivity contribution in [1.29, 1.82) is 0 Å². The molecular formula is C22H24N2O3. The summed E-state index contributed by atoms with van der Waals surface area (Å²) in [5, 5.41) is 3.16. The highest BCUT2D eigenvalue weighted by Gasteiger charge is 2.38. The lowest BCUT2D eigenvalue weighted by Crippen LogP contribution is -2.33. The number of nitrogens with zero attached hydrogens (tertiary/aromatic N) is 1. The predicted octanol–water partition coefficient (Wildman–Crippen LogP) is 3.53. The number of para-hydroxylation sites is 1. The number of carbonyl (C=O) groups is 2. The van der Waals surface area contributed by atoms with Crippen molar-refractivity contribution in [3.8, 4) is 0 Å². The summed E-state index contributed by atoms with van der Waals surface area (Å²) in [5.41, 5.74) is 4.50. The van der Waals surface area contributed by atoms with E-state index >= 15 is 0 Å². The van der Waals surface area contributed by atoms with Gasteiger partial charge in [-0.2, -0.15) is 0 Å². The van der Waals surface area contributed by atoms with Gasteiger partial charge in [0.05, 0.1) is 5.57 Å². The van der Waals surface area contributed by atoms with Gasteiger partial charge in [0.2, 0.25) is 0 Å². The van der Waals surface area contributed by atoms with E-state index in [9.17, 15) is 9.59 Å². The molecule has 1 aliphatic heterocycles. The third-order valence-electron chi connectivity index (χ3n) is 4.74. The molecule has 140 valence electrons. The predicted molar refractivity (Wildman–Crippen MR) is 106 cm³/mol. The molecule has 0 spiro atoms. The second-order valence-electron chi connectivity index (χ2n) is 6.65. The third-order valence-corrected chi connectivity index (χ3v) is 4.74. The summed E-state index contributed by atoms with van der Waals surface area (Å²) in [7, 11) is 1.61. The fourth-order valence-corrected chi connectivity index (χ4v) is 3.09. The molecule has 1 N–H and O–H groups in total. The van der Waals surface area contributed by atoms with Gasteiger partial charge in [-0.05, 0) is 49.1 Å². The van der Waals surface area contributed by atoms with Gasteiger partial charge in [0.25, 0.3) is 11.8 Å². The normalized spacial score (nSPS) is 14.3. The Morgan fingerprint density at radius 1 is 0.963 bits per heavy atom. The molecule has 0 aliphatic carbocycles. The Bertz CT molecular complexity index is 888. The summed E-state index contributed by atoms with van der Waals surface area (Å²) >= 11 is 0. The standard InChI is InChI=1S/C22H24N2O3/c1-15-10-11-17(14-16(15)2)19-20(23-18-8-5-4-6-9-18)22(26)24(21(19)25)12-7-13-27-3/h4-6,8-11,14,23H,7,12-13H2,1-3H3. The number of anilines is 1. The molecule has 0 unspecified atom stereocenters. The first-order valence-electron chi connectivity index (χ1n) is 9.02. The second kappa shape index (κ2) is 8.18. The van der Waals surface area contributed by atoms with Crippen LogP contribution in [0.2, 0.25) is 0 Å². The van der Waals surface area contributed by atoms with Crippen LogP contribution in [0, 0.1) is 13.8 Å². The van der Waals surface area contributed by atoms with Crippen LogP contribution >= 0.6 is 0 Å². The number of carbonyl (C=O) groups excluding carboxylic acids is 2. The average molecular weight is 364 g/mol. The van der Waals surface area contributed by atoms with Crippen LogP contribution < -0.4 is 5.32 Å². The SMILES string of the molecule is COCCCN1C(=O)C(Nc2ccccc2)=C(c2ccc(C)c(C)c2)C1=O. The van der Waals surface area contributed by atoms with E-state index in [1.54, 1.807) is 7.11 Å². The summed E-state index contributed by atoms with van der Waals surface area (Å²) in [4.78, 5) is 27.4. The molecule has 0 fully saturated rings. The van der Waals surface area contributed by atoms with Gasteiger partial charge in [0.1, 0.15) is 5.70 Å². The molecule has 1 aliphatic rings. The fraction of sp³-hybridized carbons (Fsp3) is 0.273. The molecule has 3 rings (SSSR count). The van der Waals surface area contributed by atoms with Crippen molar-refractivity contribution in [2.24, 2.45) is 0 Å². The maximum Gasteiger partial charge on any atom is 0.278 e. The number of amides is 2. The maximum absolute atomic E-state index is 13.1. The summed E-state index contributed by atoms with van der Waals surface area (Å²) in [6.45, 7) is 4.86. The first-order valence-corrected chi connectivity index (χ1v) is 9.02. The summed E-state index contributed by atoms with van der Waals surface area (Å²) in [5.74, 6) is -0.564. The number of benzene rings is 2. The Kier molecular flexibility index (Phi) is 5.72. The second-order valence-corrected chi connectivity index (χ2v) is 6.65. The van der Waals surface area contributed by atoms with Crippen LogP contribution in [0.15, 0.2) is 54.2 Å². The van der Waals surface area contributed by atoms with Gasteiger partial charge in [-0.1, -0.05) is 36.4 Å². The highest BCUT2D eigenvalue weighted by Crippen LogP contribution is 2.31. The number of imide groups is 1. The highest BCUT2D eigenvalue weighted by atomic mass is 16.5. The number of methoxy groups -OCH3 is 1. The summed E-state index contributed by atoms with van der Waals surface area (Å²) < 4.78 is 5.06. The van der Waals surface area contributed by atoms with Crippen molar-refractivity contribution >= 4 is 23.1 Å². The van der Waals surface area contributed by atoms with Crippen molar-refractivity contribution < 1.29 is 14.3 Å². The quantitative estimate of drug-likeness (QED) is 0.603. The van der Waals surface area contributed by atoms with Gasteiger partial charge in [0, 0.05) is 25.9 Å². The highest BCUT2D eigenvalue weighted by molar-refractivity contribution is 6.36. The summed E-state index contributed by atoms with van der Waals surface area (Å²) in [6, 6.07) is 15.3. The zero-order valence-corrected chi connectivity index (χ0v) is 15.9. The minimum absolute atomic E-state index is 0.266. The zero-order chi connectivity index (χ0) is 19.4. The molecule has 0 bridgehead atoms. The fourth-order valence-electron chi connectivity index (χ4n) is 3.09. The first kappa shape index (κ1) is 18.9. The van der Waals surface area contributed by atoms with Crippen LogP contribution in [0.5, 0.6) is 0 Å². The van der Waals surface area contributed by atoms with Crippen molar-refractivity contribution in [3.63, 3.8) is 0 Å². The van der Waals surface area contributed by atoms with Crippen LogP contribution in [0.4, 0.5) is 5.69 Å². The van der Waals surface area contributed by atoms with Crippen LogP contribution in [-0.2, 0) is 14.3 Å². The number of aryl methyl sites for hydroxylation is 2. The van der Waals surface area contributed by atoms with E-state index in [0.717, 1.165) is 22.4 Å². The number of hydrogen-bond acceptors (Lipinski definition) is 4. The minimum Gasteiger partial charge on any atom is -0.385 e. The lowest BCUT2D eigenvalue weighted by atomic mass is 9.99. The number of nitrogens with one attached hydrogen (secondary N) is 1. The molecule has 2 amide bonds. The Morgan fingerprint density at radius 3 is 2.37 bits per heavy atom. The number of rotatable bonds is 7. The van der Waals surface area contributed by atoms with Gasteiger partial charge >= 0.3 is 0 Å². The van der Waals surface area contributed by atoms with E-state index in [1.165, 1.54) is 4.90 Å². The van der Waals surface area contributed by atoms with Crippen LogP contribution in [0.25, 0.3) is 5.57 Å². The minimum atomic E-state index is -0.298. The topological polar surface area (TPSA) is 58.6 Å². The molecule has 0 radical (unpaired) electrons. The molecule has 2 aromatic carbocycles. The Hall–Kier alpha value is -2.92. The third kappa shape index (κ3) is 3.93. The van der Waals surface area contributed by atoms with Gasteiger partial charge in [0.15, 0.2) is 0 Å². The van der Waals surface area contributed by atoms with Gasteiger partial charge in [-0.15, -0.1) is 0 Å². The first-order chi connectivity index (χ1) is 13.0. The molecule has 0 saturated carbocycles. The monoisotopic (exact) mass is 364 g/mol. The van der Waals surface area contributed by atoms with Gasteiger partial charge in [-0.25, -0.2) is 0 Å². The summed E-state index contributed by atoms with van der Waals surface area (Å²) in [6.07, 6.45) is 0.604. The molecule has 0 saturated heterocycles. The maximum atomic E-state index is 13.1. The molecule has 1 heterocycles.